The van der Waals surface area contributed by atoms with Gasteiger partial charge in [0.2, 0.25) is 5.89 Å². The van der Waals surface area contributed by atoms with Crippen LogP contribution in [-0.4, -0.2) is 23.0 Å². The number of nitrogens with zero attached hydrogens (tertiary/aromatic N) is 3. The van der Waals surface area contributed by atoms with Gasteiger partial charge in [-0.15, -0.1) is 47.5 Å². The van der Waals surface area contributed by atoms with Crippen molar-refractivity contribution in [3.63, 3.8) is 0 Å². The zero-order valence-corrected chi connectivity index (χ0v) is 30.6. The molecule has 3 heterocycles. The number of fused-ring (bicyclic) bond motifs is 1. The monoisotopic (exact) mass is 809 g/mol. The van der Waals surface area contributed by atoms with Crippen LogP contribution in [0.4, 0.5) is 0 Å². The van der Waals surface area contributed by atoms with Gasteiger partial charge in [-0.05, 0) is 46.2 Å². The standard InChI is InChI=1S/C30H29N2OSi.C11H8N.Ir/c1-20(2)24-18-26(31-19-28(24)34(3,4)5)23-16-25(21-12-8-6-9-13-21)29-27(17-23)33-30(32-29)22-14-10-7-11-15-22;1-2-6-10(7-3-1)11-8-4-5-9-12-11;/h6-16,18-20H,1-5H3;1-6,8-9H;/q2*-1;/i20D;;. The topological polar surface area (TPSA) is 51.8 Å². The van der Waals surface area contributed by atoms with Gasteiger partial charge in [0.15, 0.2) is 0 Å². The summed E-state index contributed by atoms with van der Waals surface area (Å²) >= 11 is 0. The molecular weight excluding hydrogens is 771 g/mol. The number of hydrogen-bond acceptors (Lipinski definition) is 4. The summed E-state index contributed by atoms with van der Waals surface area (Å²) in [6.45, 7) is 10.8. The molecule has 4 nitrogen and oxygen atoms in total. The molecule has 0 amide bonds. The smallest absolute Gasteiger partial charge is 0.215 e. The van der Waals surface area contributed by atoms with Crippen LogP contribution in [0.3, 0.4) is 0 Å². The van der Waals surface area contributed by atoms with Crippen LogP contribution in [0.25, 0.3) is 56.2 Å². The third-order valence-corrected chi connectivity index (χ3v) is 9.72. The number of hydrogen-bond donors (Lipinski definition) is 0. The number of rotatable bonds is 6. The van der Waals surface area contributed by atoms with Crippen molar-refractivity contribution in [2.45, 2.75) is 39.4 Å². The second-order valence-corrected chi connectivity index (χ2v) is 17.4. The van der Waals surface area contributed by atoms with E-state index in [1.165, 1.54) is 5.19 Å². The number of oxazole rings is 1. The average Bonchev–Trinajstić information content (AvgIpc) is 3.53. The summed E-state index contributed by atoms with van der Waals surface area (Å²) < 4.78 is 15.0. The first-order valence-electron chi connectivity index (χ1n) is 15.9. The quantitative estimate of drug-likeness (QED) is 0.124. The van der Waals surface area contributed by atoms with Crippen LogP contribution < -0.4 is 5.19 Å². The van der Waals surface area contributed by atoms with E-state index in [0.29, 0.717) is 11.5 Å². The summed E-state index contributed by atoms with van der Waals surface area (Å²) in [6.07, 6.45) is 3.76. The van der Waals surface area contributed by atoms with Crippen molar-refractivity contribution >= 4 is 24.4 Å². The first-order chi connectivity index (χ1) is 22.6. The van der Waals surface area contributed by atoms with Crippen LogP contribution in [0, 0.1) is 12.1 Å². The van der Waals surface area contributed by atoms with Crippen molar-refractivity contribution in [3.8, 4) is 45.1 Å². The minimum absolute atomic E-state index is 0. The molecule has 0 fully saturated rings. The second-order valence-electron chi connectivity index (χ2n) is 12.4. The SMILES string of the molecule is [2H]C(C)(C)c1cc(-c2[c-]c3oc(-c4ccccc4)nc3c(-c3ccccc3)c2)ncc1[Si](C)(C)C.[Ir].[c-]1ccccc1-c1ccccn1. The molecule has 0 N–H and O–H groups in total. The minimum atomic E-state index is -1.67. The normalized spacial score (nSPS) is 11.6. The molecule has 47 heavy (non-hydrogen) atoms. The Hall–Kier alpha value is -4.48. The van der Waals surface area contributed by atoms with E-state index in [4.69, 9.17) is 15.8 Å². The molecule has 3 aromatic heterocycles. The van der Waals surface area contributed by atoms with Crippen LogP contribution >= 0.6 is 0 Å². The van der Waals surface area contributed by atoms with Crippen LogP contribution in [0.15, 0.2) is 132 Å². The first-order valence-corrected chi connectivity index (χ1v) is 18.9. The Bertz CT molecular complexity index is 2050. The fraction of sp³-hybridized carbons (Fsp3) is 0.146. The molecule has 237 valence electrons. The number of aromatic nitrogens is 3. The van der Waals surface area contributed by atoms with E-state index < -0.39 is 14.0 Å². The van der Waals surface area contributed by atoms with Crippen LogP contribution in [-0.2, 0) is 20.1 Å². The van der Waals surface area contributed by atoms with Crippen molar-refractivity contribution in [2.24, 2.45) is 0 Å². The average molecular weight is 809 g/mol. The fourth-order valence-electron chi connectivity index (χ4n) is 5.33. The zero-order valence-electron chi connectivity index (χ0n) is 28.2. The Balaban J connectivity index is 0.000000291. The van der Waals surface area contributed by atoms with Gasteiger partial charge in [-0.1, -0.05) is 117 Å². The molecule has 0 saturated heterocycles. The van der Waals surface area contributed by atoms with Gasteiger partial charge in [0.1, 0.15) is 0 Å². The van der Waals surface area contributed by atoms with Crippen molar-refractivity contribution in [2.75, 3.05) is 0 Å². The summed E-state index contributed by atoms with van der Waals surface area (Å²) in [5.74, 6) is -0.159. The third-order valence-electron chi connectivity index (χ3n) is 7.70. The Kier molecular flexibility index (Phi) is 10.3. The molecule has 0 aliphatic carbocycles. The third kappa shape index (κ3) is 7.91. The Morgan fingerprint density at radius 2 is 1.43 bits per heavy atom. The molecule has 7 aromatic rings. The minimum Gasteiger partial charge on any atom is -0.457 e. The maximum Gasteiger partial charge on any atom is 0.215 e. The predicted octanol–water partition coefficient (Wildman–Crippen LogP) is 10.2. The van der Waals surface area contributed by atoms with E-state index in [1.54, 1.807) is 6.20 Å². The Morgan fingerprint density at radius 3 is 2.04 bits per heavy atom. The van der Waals surface area contributed by atoms with E-state index in [0.717, 1.165) is 50.3 Å². The largest absolute Gasteiger partial charge is 0.457 e. The molecule has 0 unspecified atom stereocenters. The molecule has 0 saturated carbocycles. The maximum atomic E-state index is 8.82. The maximum absolute atomic E-state index is 8.82. The van der Waals surface area contributed by atoms with Crippen LogP contribution in [0.5, 0.6) is 0 Å². The second kappa shape index (κ2) is 15.0. The van der Waals surface area contributed by atoms with Gasteiger partial charge in [0, 0.05) is 44.9 Å². The van der Waals surface area contributed by atoms with Crippen LogP contribution in [0.2, 0.25) is 19.6 Å². The van der Waals surface area contributed by atoms with Gasteiger partial charge in [-0.3, -0.25) is 4.98 Å². The van der Waals surface area contributed by atoms with E-state index in [9.17, 15) is 0 Å². The molecule has 6 heteroatoms. The molecule has 4 aromatic carbocycles. The molecule has 1 radical (unpaired) electrons. The van der Waals surface area contributed by atoms with Gasteiger partial charge in [0.25, 0.3) is 0 Å². The predicted molar refractivity (Wildman–Crippen MR) is 193 cm³/mol. The van der Waals surface area contributed by atoms with Crippen LogP contribution in [0.1, 0.15) is 26.7 Å². The van der Waals surface area contributed by atoms with Gasteiger partial charge >= 0.3 is 0 Å². The van der Waals surface area contributed by atoms with E-state index in [-0.39, 0.29) is 20.1 Å². The van der Waals surface area contributed by atoms with Crippen molar-refractivity contribution in [1.29, 1.82) is 0 Å². The Morgan fingerprint density at radius 1 is 0.745 bits per heavy atom. The molecule has 7 rings (SSSR count). The number of benzene rings is 4. The molecule has 0 aliphatic heterocycles. The number of pyridine rings is 2. The van der Waals surface area contributed by atoms with Gasteiger partial charge in [-0.25, -0.2) is 0 Å². The van der Waals surface area contributed by atoms with Gasteiger partial charge in [-0.2, -0.15) is 0 Å². The summed E-state index contributed by atoms with van der Waals surface area (Å²) in [6, 6.07) is 44.6. The molecule has 0 spiro atoms. The van der Waals surface area contributed by atoms with E-state index >= 15 is 0 Å². The van der Waals surface area contributed by atoms with E-state index in [1.807, 2.05) is 111 Å². The van der Waals surface area contributed by atoms with Crippen molar-refractivity contribution in [1.82, 2.24) is 15.0 Å². The Labute approximate surface area is 293 Å². The summed E-state index contributed by atoms with van der Waals surface area (Å²) in [4.78, 5) is 13.9. The zero-order chi connectivity index (χ0) is 33.0. The molecule has 0 bridgehead atoms. The van der Waals surface area contributed by atoms with E-state index in [2.05, 4.69) is 61.0 Å². The van der Waals surface area contributed by atoms with Crippen molar-refractivity contribution < 1.29 is 25.9 Å². The first kappa shape index (κ1) is 32.5. The molecular formula is C41H37IrN3OSi-2. The fourth-order valence-corrected chi connectivity index (χ4v) is 6.91. The van der Waals surface area contributed by atoms with Gasteiger partial charge in [0.05, 0.1) is 13.7 Å². The summed E-state index contributed by atoms with van der Waals surface area (Å²) in [7, 11) is -1.67. The summed E-state index contributed by atoms with van der Waals surface area (Å²) in [5, 5.41) is 1.22. The molecule has 0 atom stereocenters. The molecule has 0 aliphatic rings. The van der Waals surface area contributed by atoms with Gasteiger partial charge < -0.3 is 14.4 Å². The summed E-state index contributed by atoms with van der Waals surface area (Å²) in [5.41, 5.74) is 8.99. The van der Waals surface area contributed by atoms with Crippen molar-refractivity contribution in [3.05, 3.63) is 145 Å².